The Morgan fingerprint density at radius 2 is 1.67 bits per heavy atom. The third-order valence-electron chi connectivity index (χ3n) is 3.70. The minimum Gasteiger partial charge on any atom is -0.398 e. The number of imidazole rings is 1. The van der Waals surface area contributed by atoms with E-state index in [0.717, 1.165) is 29.0 Å². The summed E-state index contributed by atoms with van der Waals surface area (Å²) in [6.07, 6.45) is 0.749. The Morgan fingerprint density at radius 3 is 2.38 bits per heavy atom. The van der Waals surface area contributed by atoms with Gasteiger partial charge >= 0.3 is 0 Å². The van der Waals surface area contributed by atoms with Crippen LogP contribution in [0.25, 0.3) is 11.0 Å². The van der Waals surface area contributed by atoms with Gasteiger partial charge in [-0.25, -0.2) is 4.98 Å². The number of para-hydroxylation sites is 3. The van der Waals surface area contributed by atoms with E-state index in [-0.39, 0.29) is 5.54 Å². The molecule has 3 nitrogen and oxygen atoms in total. The Labute approximate surface area is 125 Å². The van der Waals surface area contributed by atoms with E-state index in [2.05, 4.69) is 49.6 Å². The smallest absolute Gasteiger partial charge is 0.114 e. The van der Waals surface area contributed by atoms with Crippen LogP contribution >= 0.6 is 0 Å². The van der Waals surface area contributed by atoms with Gasteiger partial charge in [0.05, 0.1) is 11.0 Å². The van der Waals surface area contributed by atoms with Gasteiger partial charge in [0.25, 0.3) is 0 Å². The number of nitrogens with two attached hydrogens (primary N) is 1. The standard InChI is InChI=1S/C18H21N3/c1-18(2,3)21-16-11-7-6-10-15(16)20-17(21)12-13-8-4-5-9-14(13)19/h4-11H,12,19H2,1-3H3. The zero-order valence-corrected chi connectivity index (χ0v) is 12.8. The summed E-state index contributed by atoms with van der Waals surface area (Å²) in [5, 5.41) is 0. The molecule has 0 fully saturated rings. The van der Waals surface area contributed by atoms with E-state index in [1.165, 1.54) is 5.52 Å². The van der Waals surface area contributed by atoms with Crippen LogP contribution in [0.3, 0.4) is 0 Å². The first-order valence-electron chi connectivity index (χ1n) is 7.27. The number of nitrogen functional groups attached to an aromatic ring is 1. The number of hydrogen-bond donors (Lipinski definition) is 1. The first kappa shape index (κ1) is 13.7. The normalized spacial score (nSPS) is 12.0. The summed E-state index contributed by atoms with van der Waals surface area (Å²) < 4.78 is 2.31. The molecule has 3 rings (SSSR count). The monoisotopic (exact) mass is 279 g/mol. The van der Waals surface area contributed by atoms with Gasteiger partial charge in [-0.1, -0.05) is 30.3 Å². The number of benzene rings is 2. The van der Waals surface area contributed by atoms with E-state index in [0.29, 0.717) is 0 Å². The van der Waals surface area contributed by atoms with Gasteiger partial charge in [-0.15, -0.1) is 0 Å². The van der Waals surface area contributed by atoms with Crippen LogP contribution in [-0.4, -0.2) is 9.55 Å². The molecule has 2 aromatic carbocycles. The van der Waals surface area contributed by atoms with Crippen LogP contribution in [0.5, 0.6) is 0 Å². The molecular formula is C18H21N3. The second-order valence-electron chi connectivity index (χ2n) is 6.40. The summed E-state index contributed by atoms with van der Waals surface area (Å²) in [6, 6.07) is 16.3. The highest BCUT2D eigenvalue weighted by Gasteiger charge is 2.21. The van der Waals surface area contributed by atoms with Gasteiger partial charge in [-0.2, -0.15) is 0 Å². The lowest BCUT2D eigenvalue weighted by atomic mass is 10.1. The lowest BCUT2D eigenvalue weighted by molar-refractivity contribution is 0.396. The van der Waals surface area contributed by atoms with Gasteiger partial charge in [0.1, 0.15) is 5.82 Å². The number of anilines is 1. The average Bonchev–Trinajstić information content (AvgIpc) is 2.79. The summed E-state index contributed by atoms with van der Waals surface area (Å²) >= 11 is 0. The molecule has 0 unspecified atom stereocenters. The number of aromatic nitrogens is 2. The van der Waals surface area contributed by atoms with Gasteiger partial charge < -0.3 is 10.3 Å². The zero-order valence-electron chi connectivity index (χ0n) is 12.8. The molecule has 0 saturated heterocycles. The van der Waals surface area contributed by atoms with Crippen molar-refractivity contribution in [3.63, 3.8) is 0 Å². The fourth-order valence-electron chi connectivity index (χ4n) is 2.81. The molecular weight excluding hydrogens is 258 g/mol. The molecule has 0 amide bonds. The Hall–Kier alpha value is -2.29. The maximum absolute atomic E-state index is 6.08. The van der Waals surface area contributed by atoms with Gasteiger partial charge in [0, 0.05) is 17.6 Å². The van der Waals surface area contributed by atoms with E-state index < -0.39 is 0 Å². The summed E-state index contributed by atoms with van der Waals surface area (Å²) in [7, 11) is 0. The summed E-state index contributed by atoms with van der Waals surface area (Å²) in [5.74, 6) is 1.06. The molecule has 21 heavy (non-hydrogen) atoms. The fraction of sp³-hybridized carbons (Fsp3) is 0.278. The molecule has 0 radical (unpaired) electrons. The molecule has 0 aliphatic carbocycles. The van der Waals surface area contributed by atoms with E-state index in [4.69, 9.17) is 10.7 Å². The molecule has 0 atom stereocenters. The molecule has 3 aromatic rings. The lowest BCUT2D eigenvalue weighted by Crippen LogP contribution is -2.24. The van der Waals surface area contributed by atoms with Gasteiger partial charge in [0.15, 0.2) is 0 Å². The van der Waals surface area contributed by atoms with Gasteiger partial charge in [-0.05, 0) is 44.5 Å². The van der Waals surface area contributed by atoms with E-state index in [1.54, 1.807) is 0 Å². The van der Waals surface area contributed by atoms with Crippen LogP contribution in [0.1, 0.15) is 32.2 Å². The third kappa shape index (κ3) is 2.51. The number of nitrogens with zero attached hydrogens (tertiary/aromatic N) is 2. The zero-order chi connectivity index (χ0) is 15.0. The van der Waals surface area contributed by atoms with Crippen LogP contribution in [0.15, 0.2) is 48.5 Å². The van der Waals surface area contributed by atoms with Crippen molar-refractivity contribution >= 4 is 16.7 Å². The van der Waals surface area contributed by atoms with Crippen LogP contribution in [0, 0.1) is 0 Å². The van der Waals surface area contributed by atoms with Crippen molar-refractivity contribution in [2.24, 2.45) is 0 Å². The number of hydrogen-bond acceptors (Lipinski definition) is 2. The molecule has 108 valence electrons. The number of rotatable bonds is 2. The van der Waals surface area contributed by atoms with Crippen LogP contribution in [0.2, 0.25) is 0 Å². The van der Waals surface area contributed by atoms with Crippen LogP contribution < -0.4 is 5.73 Å². The maximum atomic E-state index is 6.08. The first-order chi connectivity index (χ1) is 9.97. The van der Waals surface area contributed by atoms with E-state index >= 15 is 0 Å². The molecule has 0 aliphatic rings. The predicted octanol–water partition coefficient (Wildman–Crippen LogP) is 3.96. The summed E-state index contributed by atoms with van der Waals surface area (Å²) in [6.45, 7) is 6.62. The second kappa shape index (κ2) is 4.92. The highest BCUT2D eigenvalue weighted by molar-refractivity contribution is 5.76. The lowest BCUT2D eigenvalue weighted by Gasteiger charge is -2.25. The van der Waals surface area contributed by atoms with E-state index in [9.17, 15) is 0 Å². The number of fused-ring (bicyclic) bond motifs is 1. The molecule has 2 N–H and O–H groups in total. The van der Waals surface area contributed by atoms with Crippen molar-refractivity contribution < 1.29 is 0 Å². The summed E-state index contributed by atoms with van der Waals surface area (Å²) in [4.78, 5) is 4.82. The van der Waals surface area contributed by atoms with Crippen molar-refractivity contribution in [3.8, 4) is 0 Å². The Morgan fingerprint density at radius 1 is 1.00 bits per heavy atom. The molecule has 0 spiro atoms. The van der Waals surface area contributed by atoms with Crippen molar-refractivity contribution in [3.05, 3.63) is 59.9 Å². The van der Waals surface area contributed by atoms with E-state index in [1.807, 2.05) is 24.3 Å². The quantitative estimate of drug-likeness (QED) is 0.721. The van der Waals surface area contributed by atoms with Crippen molar-refractivity contribution in [2.45, 2.75) is 32.7 Å². The average molecular weight is 279 g/mol. The molecule has 0 aliphatic heterocycles. The third-order valence-corrected chi connectivity index (χ3v) is 3.70. The molecule has 0 saturated carbocycles. The fourth-order valence-corrected chi connectivity index (χ4v) is 2.81. The van der Waals surface area contributed by atoms with Crippen molar-refractivity contribution in [2.75, 3.05) is 5.73 Å². The van der Waals surface area contributed by atoms with Gasteiger partial charge in [0.2, 0.25) is 0 Å². The topological polar surface area (TPSA) is 43.8 Å². The Balaban J connectivity index is 2.16. The second-order valence-corrected chi connectivity index (χ2v) is 6.40. The van der Waals surface area contributed by atoms with Gasteiger partial charge in [-0.3, -0.25) is 0 Å². The molecule has 1 aromatic heterocycles. The van der Waals surface area contributed by atoms with Crippen molar-refractivity contribution in [1.82, 2.24) is 9.55 Å². The van der Waals surface area contributed by atoms with Crippen LogP contribution in [0.4, 0.5) is 5.69 Å². The minimum atomic E-state index is -0.0189. The minimum absolute atomic E-state index is 0.0189. The highest BCUT2D eigenvalue weighted by Crippen LogP contribution is 2.27. The molecule has 3 heteroatoms. The van der Waals surface area contributed by atoms with Crippen molar-refractivity contribution in [1.29, 1.82) is 0 Å². The maximum Gasteiger partial charge on any atom is 0.114 e. The Bertz CT molecular complexity index is 779. The SMILES string of the molecule is CC(C)(C)n1c(Cc2ccccc2N)nc2ccccc21. The summed E-state index contributed by atoms with van der Waals surface area (Å²) in [5.41, 5.74) is 10.2. The largest absolute Gasteiger partial charge is 0.398 e. The molecule has 0 bridgehead atoms. The van der Waals surface area contributed by atoms with Crippen LogP contribution in [-0.2, 0) is 12.0 Å². The predicted molar refractivity (Wildman–Crippen MR) is 88.4 cm³/mol. The Kier molecular flexibility index (Phi) is 3.20. The first-order valence-corrected chi connectivity index (χ1v) is 7.27. The molecule has 1 heterocycles. The highest BCUT2D eigenvalue weighted by atomic mass is 15.1.